The smallest absolute Gasteiger partial charge is 0.254 e. The van der Waals surface area contributed by atoms with Crippen LogP contribution >= 0.6 is 23.4 Å². The number of hydrogen-bond donors (Lipinski definition) is 1. The van der Waals surface area contributed by atoms with Gasteiger partial charge in [0.25, 0.3) is 5.91 Å². The Morgan fingerprint density at radius 3 is 2.57 bits per heavy atom. The molecule has 2 aromatic rings. The van der Waals surface area contributed by atoms with E-state index in [1.807, 2.05) is 65.2 Å². The van der Waals surface area contributed by atoms with Crippen molar-refractivity contribution in [1.29, 1.82) is 0 Å². The summed E-state index contributed by atoms with van der Waals surface area (Å²) < 4.78 is 0. The van der Waals surface area contributed by atoms with Crippen molar-refractivity contribution in [2.24, 2.45) is 0 Å². The summed E-state index contributed by atoms with van der Waals surface area (Å²) in [7, 11) is 0. The van der Waals surface area contributed by atoms with Crippen LogP contribution in [-0.2, 0) is 17.9 Å². The zero-order valence-electron chi connectivity index (χ0n) is 15.6. The van der Waals surface area contributed by atoms with Gasteiger partial charge in [-0.25, -0.2) is 0 Å². The lowest BCUT2D eigenvalue weighted by atomic mass is 9.86. The SMILES string of the molecule is O=C(CC1(N2Cc3ccccc3C2=O)CCSCC1)NCc1ccccc1Cl. The molecule has 2 aliphatic rings. The van der Waals surface area contributed by atoms with Gasteiger partial charge < -0.3 is 10.2 Å². The molecule has 2 aliphatic heterocycles. The van der Waals surface area contributed by atoms with Crippen LogP contribution < -0.4 is 5.32 Å². The summed E-state index contributed by atoms with van der Waals surface area (Å²) in [5.41, 5.74) is 2.32. The molecular formula is C22H23ClN2O2S. The molecule has 4 rings (SSSR count). The first-order valence-corrected chi connectivity index (χ1v) is 11.1. The second-order valence-electron chi connectivity index (χ2n) is 7.43. The predicted octanol–water partition coefficient (Wildman–Crippen LogP) is 4.27. The van der Waals surface area contributed by atoms with Gasteiger partial charge in [-0.15, -0.1) is 0 Å². The van der Waals surface area contributed by atoms with Crippen molar-refractivity contribution >= 4 is 35.2 Å². The van der Waals surface area contributed by atoms with Gasteiger partial charge in [-0.1, -0.05) is 48.0 Å². The first kappa shape index (κ1) is 19.3. The van der Waals surface area contributed by atoms with Gasteiger partial charge in [-0.3, -0.25) is 9.59 Å². The van der Waals surface area contributed by atoms with Gasteiger partial charge in [-0.2, -0.15) is 11.8 Å². The molecule has 0 atom stereocenters. The molecule has 2 aromatic carbocycles. The maximum atomic E-state index is 13.1. The van der Waals surface area contributed by atoms with E-state index in [1.54, 1.807) is 0 Å². The fourth-order valence-corrected chi connectivity index (χ4v) is 5.58. The third kappa shape index (κ3) is 3.78. The summed E-state index contributed by atoms with van der Waals surface area (Å²) in [6.45, 7) is 0.995. The monoisotopic (exact) mass is 414 g/mol. The van der Waals surface area contributed by atoms with Crippen LogP contribution in [-0.4, -0.2) is 33.8 Å². The third-order valence-electron chi connectivity index (χ3n) is 5.74. The van der Waals surface area contributed by atoms with Crippen molar-refractivity contribution in [2.75, 3.05) is 11.5 Å². The molecule has 1 fully saturated rings. The summed E-state index contributed by atoms with van der Waals surface area (Å²) in [6.07, 6.45) is 2.02. The minimum absolute atomic E-state index is 0.0319. The van der Waals surface area contributed by atoms with E-state index in [4.69, 9.17) is 11.6 Å². The Balaban J connectivity index is 1.50. The van der Waals surface area contributed by atoms with Crippen LogP contribution in [0.25, 0.3) is 0 Å². The molecule has 0 saturated carbocycles. The Hall–Kier alpha value is -1.98. The van der Waals surface area contributed by atoms with Crippen molar-refractivity contribution in [2.45, 2.75) is 37.9 Å². The second-order valence-corrected chi connectivity index (χ2v) is 9.06. The van der Waals surface area contributed by atoms with E-state index in [1.165, 1.54) is 0 Å². The molecule has 1 saturated heterocycles. The lowest BCUT2D eigenvalue weighted by molar-refractivity contribution is -0.124. The zero-order valence-corrected chi connectivity index (χ0v) is 17.2. The Bertz CT molecular complexity index is 896. The van der Waals surface area contributed by atoms with E-state index < -0.39 is 5.54 Å². The number of amides is 2. The van der Waals surface area contributed by atoms with E-state index in [0.717, 1.165) is 41.0 Å². The average molecular weight is 415 g/mol. The van der Waals surface area contributed by atoms with Crippen LogP contribution in [0.1, 0.15) is 40.7 Å². The summed E-state index contributed by atoms with van der Waals surface area (Å²) in [5.74, 6) is 1.97. The maximum Gasteiger partial charge on any atom is 0.254 e. The summed E-state index contributed by atoms with van der Waals surface area (Å²) in [5, 5.41) is 3.65. The minimum atomic E-state index is -0.411. The number of hydrogen-bond acceptors (Lipinski definition) is 3. The van der Waals surface area contributed by atoms with Crippen LogP contribution in [0.4, 0.5) is 0 Å². The molecular weight excluding hydrogens is 392 g/mol. The van der Waals surface area contributed by atoms with Crippen molar-refractivity contribution < 1.29 is 9.59 Å². The number of nitrogens with one attached hydrogen (secondary N) is 1. The fraction of sp³-hybridized carbons (Fsp3) is 0.364. The fourth-order valence-electron chi connectivity index (χ4n) is 4.13. The molecule has 0 radical (unpaired) electrons. The molecule has 2 heterocycles. The lowest BCUT2D eigenvalue weighted by Gasteiger charge is -2.44. The molecule has 28 heavy (non-hydrogen) atoms. The molecule has 1 N–H and O–H groups in total. The third-order valence-corrected chi connectivity index (χ3v) is 7.10. The van der Waals surface area contributed by atoms with Crippen LogP contribution in [0.3, 0.4) is 0 Å². The summed E-state index contributed by atoms with van der Waals surface area (Å²) in [4.78, 5) is 27.9. The number of carbonyl (C=O) groups excluding carboxylic acids is 2. The maximum absolute atomic E-state index is 13.1. The van der Waals surface area contributed by atoms with Crippen LogP contribution in [0.2, 0.25) is 5.02 Å². The molecule has 0 aromatic heterocycles. The average Bonchev–Trinajstić information content (AvgIpc) is 3.06. The van der Waals surface area contributed by atoms with Crippen LogP contribution in [0.15, 0.2) is 48.5 Å². The van der Waals surface area contributed by atoms with Gasteiger partial charge in [0.2, 0.25) is 5.91 Å². The summed E-state index contributed by atoms with van der Waals surface area (Å²) >= 11 is 8.09. The first-order chi connectivity index (χ1) is 13.6. The Kier molecular flexibility index (Phi) is 5.65. The van der Waals surface area contributed by atoms with Gasteiger partial charge >= 0.3 is 0 Å². The summed E-state index contributed by atoms with van der Waals surface area (Å²) in [6, 6.07) is 15.3. The highest BCUT2D eigenvalue weighted by molar-refractivity contribution is 7.99. The van der Waals surface area contributed by atoms with Gasteiger partial charge in [0, 0.05) is 30.1 Å². The van der Waals surface area contributed by atoms with E-state index in [0.29, 0.717) is 24.5 Å². The normalized spacial score (nSPS) is 18.0. The van der Waals surface area contributed by atoms with Gasteiger partial charge in [0.1, 0.15) is 0 Å². The quantitative estimate of drug-likeness (QED) is 0.794. The molecule has 0 bridgehead atoms. The van der Waals surface area contributed by atoms with Crippen molar-refractivity contribution in [3.63, 3.8) is 0 Å². The van der Waals surface area contributed by atoms with Crippen LogP contribution in [0.5, 0.6) is 0 Å². The van der Waals surface area contributed by atoms with E-state index in [2.05, 4.69) is 5.32 Å². The van der Waals surface area contributed by atoms with Crippen molar-refractivity contribution in [1.82, 2.24) is 10.2 Å². The standard InChI is InChI=1S/C22H23ClN2O2S/c23-19-8-4-2-5-16(19)14-24-20(26)13-22(9-11-28-12-10-22)25-15-17-6-1-3-7-18(17)21(25)27/h1-8H,9-15H2,(H,24,26). The molecule has 146 valence electrons. The molecule has 0 spiro atoms. The Morgan fingerprint density at radius 1 is 1.11 bits per heavy atom. The highest BCUT2D eigenvalue weighted by Crippen LogP contribution is 2.40. The van der Waals surface area contributed by atoms with Crippen molar-refractivity contribution in [3.05, 3.63) is 70.2 Å². The largest absolute Gasteiger partial charge is 0.352 e. The van der Waals surface area contributed by atoms with Gasteiger partial charge in [0.15, 0.2) is 0 Å². The number of nitrogens with zero attached hydrogens (tertiary/aromatic N) is 1. The molecule has 0 unspecified atom stereocenters. The highest BCUT2D eigenvalue weighted by Gasteiger charge is 2.45. The lowest BCUT2D eigenvalue weighted by Crippen LogP contribution is -2.53. The first-order valence-electron chi connectivity index (χ1n) is 9.57. The topological polar surface area (TPSA) is 49.4 Å². The van der Waals surface area contributed by atoms with E-state index in [9.17, 15) is 9.59 Å². The van der Waals surface area contributed by atoms with Crippen molar-refractivity contribution in [3.8, 4) is 0 Å². The van der Waals surface area contributed by atoms with Crippen LogP contribution in [0, 0.1) is 0 Å². The van der Waals surface area contributed by atoms with E-state index in [-0.39, 0.29) is 11.8 Å². The number of carbonyl (C=O) groups is 2. The number of rotatable bonds is 5. The van der Waals surface area contributed by atoms with Gasteiger partial charge in [-0.05, 0) is 47.6 Å². The van der Waals surface area contributed by atoms with Gasteiger partial charge in [0.05, 0.1) is 5.54 Å². The minimum Gasteiger partial charge on any atom is -0.352 e. The zero-order chi connectivity index (χ0) is 19.6. The van der Waals surface area contributed by atoms with E-state index >= 15 is 0 Å². The Labute approximate surface area is 174 Å². The molecule has 0 aliphatic carbocycles. The number of halogens is 1. The number of benzene rings is 2. The number of fused-ring (bicyclic) bond motifs is 1. The molecule has 2 amide bonds. The molecule has 4 nitrogen and oxygen atoms in total. The Morgan fingerprint density at radius 2 is 1.82 bits per heavy atom. The number of thioether (sulfide) groups is 1. The second kappa shape index (κ2) is 8.18. The molecule has 6 heteroatoms. The highest BCUT2D eigenvalue weighted by atomic mass is 35.5. The predicted molar refractivity (Wildman–Crippen MR) is 114 cm³/mol.